The minimum atomic E-state index is -3.53. The molecule has 0 aliphatic heterocycles. The van der Waals surface area contributed by atoms with E-state index in [0.717, 1.165) is 24.4 Å². The zero-order chi connectivity index (χ0) is 17.0. The summed E-state index contributed by atoms with van der Waals surface area (Å²) < 4.78 is 29.4. The largest absolute Gasteiger partial charge is 0.319 e. The van der Waals surface area contributed by atoms with E-state index in [-0.39, 0.29) is 4.90 Å². The van der Waals surface area contributed by atoms with Crippen molar-refractivity contribution in [2.45, 2.75) is 82.6 Å². The van der Waals surface area contributed by atoms with Gasteiger partial charge in [-0.3, -0.25) is 0 Å². The molecule has 0 aliphatic carbocycles. The van der Waals surface area contributed by atoms with Crippen molar-refractivity contribution in [1.29, 1.82) is 0 Å². The molecule has 0 saturated heterocycles. The van der Waals surface area contributed by atoms with Crippen molar-refractivity contribution in [3.8, 4) is 0 Å². The lowest BCUT2D eigenvalue weighted by Gasteiger charge is -2.06. The number of aryl methyl sites for hydroxylation is 1. The standard InChI is InChI=1S/C18H32O3SSi/c1-3-5-6-7-8-9-10-11-16-23-21-22(19,20)18-14-12-17(4-2)13-15-18/h12-15H,3-11,16,23H2,1-2H3. The van der Waals surface area contributed by atoms with Crippen molar-refractivity contribution in [1.82, 2.24) is 0 Å². The van der Waals surface area contributed by atoms with E-state index in [1.54, 1.807) is 12.1 Å². The van der Waals surface area contributed by atoms with Crippen LogP contribution in [0.15, 0.2) is 29.2 Å². The molecule has 0 heterocycles. The van der Waals surface area contributed by atoms with Gasteiger partial charge in [0, 0.05) is 0 Å². The van der Waals surface area contributed by atoms with Gasteiger partial charge in [0.05, 0.1) is 4.90 Å². The third kappa shape index (κ3) is 8.68. The highest BCUT2D eigenvalue weighted by molar-refractivity contribution is 7.87. The molecule has 0 saturated carbocycles. The minimum absolute atomic E-state index is 0.290. The fraction of sp³-hybridized carbons (Fsp3) is 0.667. The van der Waals surface area contributed by atoms with Gasteiger partial charge in [0.1, 0.15) is 0 Å². The van der Waals surface area contributed by atoms with Gasteiger partial charge in [0.25, 0.3) is 10.1 Å². The van der Waals surface area contributed by atoms with E-state index in [1.165, 1.54) is 44.9 Å². The van der Waals surface area contributed by atoms with Gasteiger partial charge in [-0.2, -0.15) is 8.42 Å². The molecule has 1 aromatic carbocycles. The second-order valence-electron chi connectivity index (χ2n) is 6.10. The van der Waals surface area contributed by atoms with E-state index in [1.807, 2.05) is 12.1 Å². The molecule has 0 unspecified atom stereocenters. The molecular weight excluding hydrogens is 324 g/mol. The first-order valence-corrected chi connectivity index (χ1v) is 12.1. The highest BCUT2D eigenvalue weighted by atomic mass is 32.2. The van der Waals surface area contributed by atoms with Crippen LogP contribution in [0.5, 0.6) is 0 Å². The summed E-state index contributed by atoms with van der Waals surface area (Å²) in [6, 6.07) is 7.96. The molecule has 5 heteroatoms. The van der Waals surface area contributed by atoms with Crippen molar-refractivity contribution >= 4 is 19.9 Å². The molecule has 23 heavy (non-hydrogen) atoms. The zero-order valence-electron chi connectivity index (χ0n) is 14.7. The molecular formula is C18H32O3SSi. The van der Waals surface area contributed by atoms with Crippen LogP contribution in [-0.4, -0.2) is 18.2 Å². The third-order valence-electron chi connectivity index (χ3n) is 4.11. The maximum absolute atomic E-state index is 12.1. The van der Waals surface area contributed by atoms with Crippen LogP contribution in [0.1, 0.15) is 70.8 Å². The fourth-order valence-electron chi connectivity index (χ4n) is 2.54. The van der Waals surface area contributed by atoms with E-state index >= 15 is 0 Å². The first kappa shape index (κ1) is 20.4. The summed E-state index contributed by atoms with van der Waals surface area (Å²) in [5.41, 5.74) is 1.14. The Morgan fingerprint density at radius 2 is 1.43 bits per heavy atom. The first-order chi connectivity index (χ1) is 11.1. The Labute approximate surface area is 144 Å². The van der Waals surface area contributed by atoms with Gasteiger partial charge in [0.2, 0.25) is 0 Å². The maximum atomic E-state index is 12.1. The van der Waals surface area contributed by atoms with Crippen LogP contribution < -0.4 is 0 Å². The van der Waals surface area contributed by atoms with E-state index in [0.29, 0.717) is 0 Å². The molecule has 0 atom stereocenters. The minimum Gasteiger partial charge on any atom is -0.319 e. The Balaban J connectivity index is 2.14. The number of hydrogen-bond acceptors (Lipinski definition) is 3. The van der Waals surface area contributed by atoms with Gasteiger partial charge in [0.15, 0.2) is 9.76 Å². The van der Waals surface area contributed by atoms with Gasteiger partial charge in [-0.1, -0.05) is 77.3 Å². The smallest absolute Gasteiger partial charge is 0.286 e. The van der Waals surface area contributed by atoms with Crippen LogP contribution >= 0.6 is 0 Å². The Morgan fingerprint density at radius 3 is 2.00 bits per heavy atom. The average molecular weight is 357 g/mol. The summed E-state index contributed by atoms with van der Waals surface area (Å²) in [6.45, 7) is 4.29. The maximum Gasteiger partial charge on any atom is 0.286 e. The summed E-state index contributed by atoms with van der Waals surface area (Å²) in [4.78, 5) is 0.290. The lowest BCUT2D eigenvalue weighted by Crippen LogP contribution is -2.10. The molecule has 0 aromatic heterocycles. The predicted octanol–water partition coefficient (Wildman–Crippen LogP) is 4.60. The quantitative estimate of drug-likeness (QED) is 0.383. The molecule has 3 nitrogen and oxygen atoms in total. The van der Waals surface area contributed by atoms with Gasteiger partial charge in [-0.15, -0.1) is 0 Å². The number of benzene rings is 1. The highest BCUT2D eigenvalue weighted by Gasteiger charge is 2.14. The molecule has 0 N–H and O–H groups in total. The number of hydrogen-bond donors (Lipinski definition) is 0. The van der Waals surface area contributed by atoms with Crippen molar-refractivity contribution < 1.29 is 12.3 Å². The summed E-state index contributed by atoms with van der Waals surface area (Å²) in [5, 5.41) is 0. The Morgan fingerprint density at radius 1 is 0.870 bits per heavy atom. The second-order valence-corrected chi connectivity index (χ2v) is 9.54. The molecule has 0 bridgehead atoms. The molecule has 0 spiro atoms. The number of rotatable bonds is 13. The van der Waals surface area contributed by atoms with Gasteiger partial charge in [-0.05, 0) is 30.2 Å². The zero-order valence-corrected chi connectivity index (χ0v) is 17.0. The molecule has 1 aromatic rings. The first-order valence-electron chi connectivity index (χ1n) is 9.08. The monoisotopic (exact) mass is 356 g/mol. The second kappa shape index (κ2) is 11.8. The SMILES string of the molecule is CCCCCCCCCC[SiH2]OS(=O)(=O)c1ccc(CC)cc1. The number of unbranched alkanes of at least 4 members (excludes halogenated alkanes) is 7. The van der Waals surface area contributed by atoms with Gasteiger partial charge in [-0.25, -0.2) is 0 Å². The Kier molecular flexibility index (Phi) is 10.5. The van der Waals surface area contributed by atoms with E-state index in [4.69, 9.17) is 3.87 Å². The molecule has 0 fully saturated rings. The topological polar surface area (TPSA) is 43.4 Å². The van der Waals surface area contributed by atoms with Crippen molar-refractivity contribution in [2.75, 3.05) is 0 Å². The van der Waals surface area contributed by atoms with Crippen LogP contribution in [0, 0.1) is 0 Å². The van der Waals surface area contributed by atoms with E-state index < -0.39 is 19.9 Å². The normalized spacial score (nSPS) is 12.3. The Hall–Kier alpha value is -0.653. The van der Waals surface area contributed by atoms with Crippen LogP contribution in [0.4, 0.5) is 0 Å². The van der Waals surface area contributed by atoms with Crippen LogP contribution in [0.2, 0.25) is 6.04 Å². The molecule has 0 radical (unpaired) electrons. The van der Waals surface area contributed by atoms with Gasteiger partial charge < -0.3 is 3.87 Å². The molecule has 1 rings (SSSR count). The van der Waals surface area contributed by atoms with Crippen LogP contribution in [0.25, 0.3) is 0 Å². The molecule has 132 valence electrons. The highest BCUT2D eigenvalue weighted by Crippen LogP contribution is 2.15. The Bertz CT molecular complexity index is 512. The summed E-state index contributed by atoms with van der Waals surface area (Å²) in [7, 11) is -4.52. The van der Waals surface area contributed by atoms with E-state index in [2.05, 4.69) is 13.8 Å². The summed E-state index contributed by atoms with van der Waals surface area (Å²) >= 11 is 0. The average Bonchev–Trinajstić information content (AvgIpc) is 2.56. The van der Waals surface area contributed by atoms with E-state index in [9.17, 15) is 8.42 Å². The fourth-order valence-corrected chi connectivity index (χ4v) is 5.46. The predicted molar refractivity (Wildman–Crippen MR) is 100 cm³/mol. The van der Waals surface area contributed by atoms with Crippen molar-refractivity contribution in [3.05, 3.63) is 29.8 Å². The lowest BCUT2D eigenvalue weighted by atomic mass is 10.1. The summed E-state index contributed by atoms with van der Waals surface area (Å²) in [6.07, 6.45) is 11.1. The van der Waals surface area contributed by atoms with Crippen LogP contribution in [-0.2, 0) is 20.4 Å². The molecule has 0 aliphatic rings. The molecule has 0 amide bonds. The van der Waals surface area contributed by atoms with Crippen molar-refractivity contribution in [3.63, 3.8) is 0 Å². The summed E-state index contributed by atoms with van der Waals surface area (Å²) in [5.74, 6) is 0. The third-order valence-corrected chi connectivity index (χ3v) is 7.65. The van der Waals surface area contributed by atoms with Crippen LogP contribution in [0.3, 0.4) is 0 Å². The van der Waals surface area contributed by atoms with Crippen molar-refractivity contribution in [2.24, 2.45) is 0 Å². The van der Waals surface area contributed by atoms with Gasteiger partial charge >= 0.3 is 0 Å². The lowest BCUT2D eigenvalue weighted by molar-refractivity contribution is 0.497.